The maximum atomic E-state index is 5.21. The molecule has 0 radical (unpaired) electrons. The van der Waals surface area contributed by atoms with Crippen LogP contribution in [0.25, 0.3) is 11.3 Å². The summed E-state index contributed by atoms with van der Waals surface area (Å²) in [5.41, 5.74) is 5.27. The molecule has 3 rings (SSSR count). The van der Waals surface area contributed by atoms with Gasteiger partial charge in [-0.1, -0.05) is 0 Å². The molecule has 1 saturated heterocycles. The minimum Gasteiger partial charge on any atom is -0.383 e. The Balaban J connectivity index is 1.82. The molecule has 0 bridgehead atoms. The molecule has 0 N–H and O–H groups in total. The molecular weight excluding hydrogens is 302 g/mol. The number of ether oxygens (including phenoxy) is 1. The first-order valence-electron chi connectivity index (χ1n) is 8.64. The summed E-state index contributed by atoms with van der Waals surface area (Å²) in [4.78, 5) is 11.9. The molecule has 0 amide bonds. The number of methoxy groups -OCH3 is 1. The number of hydrogen-bond acceptors (Lipinski definition) is 5. The van der Waals surface area contributed by atoms with E-state index < -0.39 is 0 Å². The third kappa shape index (κ3) is 3.49. The standard InChI is InChI=1S/C18H27N5O/c1-13-18(14(2)22(3)21-13)17-11-19-10-16(20-17)15-6-5-7-23(12-15)8-9-24-4/h10-11,15H,5-9,12H2,1-4H3/t15-/m0/s1. The smallest absolute Gasteiger partial charge is 0.0925 e. The first-order chi connectivity index (χ1) is 11.6. The molecular formula is C18H27N5O. The Kier molecular flexibility index (Phi) is 5.26. The minimum absolute atomic E-state index is 0.445. The maximum Gasteiger partial charge on any atom is 0.0925 e. The summed E-state index contributed by atoms with van der Waals surface area (Å²) in [6.45, 7) is 8.06. The van der Waals surface area contributed by atoms with Crippen molar-refractivity contribution in [1.29, 1.82) is 0 Å². The fourth-order valence-electron chi connectivity index (χ4n) is 3.56. The monoisotopic (exact) mass is 329 g/mol. The highest BCUT2D eigenvalue weighted by Gasteiger charge is 2.23. The number of hydrogen-bond donors (Lipinski definition) is 0. The van der Waals surface area contributed by atoms with Crippen molar-refractivity contribution >= 4 is 0 Å². The average molecular weight is 329 g/mol. The molecule has 0 saturated carbocycles. The van der Waals surface area contributed by atoms with E-state index in [4.69, 9.17) is 9.72 Å². The number of piperidine rings is 1. The van der Waals surface area contributed by atoms with Crippen molar-refractivity contribution in [3.63, 3.8) is 0 Å². The number of aromatic nitrogens is 4. The van der Waals surface area contributed by atoms with E-state index in [2.05, 4.69) is 21.9 Å². The lowest BCUT2D eigenvalue weighted by Gasteiger charge is -2.32. The lowest BCUT2D eigenvalue weighted by molar-refractivity contribution is 0.127. The van der Waals surface area contributed by atoms with Crippen LogP contribution in [-0.2, 0) is 11.8 Å². The molecule has 0 unspecified atom stereocenters. The van der Waals surface area contributed by atoms with E-state index in [0.29, 0.717) is 5.92 Å². The molecule has 1 atom stereocenters. The topological polar surface area (TPSA) is 56.1 Å². The van der Waals surface area contributed by atoms with E-state index in [1.165, 1.54) is 12.8 Å². The van der Waals surface area contributed by atoms with Crippen molar-refractivity contribution in [3.05, 3.63) is 29.5 Å². The Morgan fingerprint density at radius 1 is 1.29 bits per heavy atom. The van der Waals surface area contributed by atoms with Crippen LogP contribution in [0.1, 0.15) is 35.8 Å². The normalized spacial score (nSPS) is 18.9. The fourth-order valence-corrected chi connectivity index (χ4v) is 3.56. The van der Waals surface area contributed by atoms with Crippen molar-refractivity contribution in [2.75, 3.05) is 33.4 Å². The van der Waals surface area contributed by atoms with Crippen LogP contribution >= 0.6 is 0 Å². The van der Waals surface area contributed by atoms with Gasteiger partial charge in [0.05, 0.1) is 29.9 Å². The molecule has 1 fully saturated rings. The summed E-state index contributed by atoms with van der Waals surface area (Å²) in [6.07, 6.45) is 6.15. The highest BCUT2D eigenvalue weighted by Crippen LogP contribution is 2.29. The highest BCUT2D eigenvalue weighted by atomic mass is 16.5. The van der Waals surface area contributed by atoms with E-state index in [0.717, 1.165) is 54.6 Å². The van der Waals surface area contributed by atoms with Crippen molar-refractivity contribution in [2.24, 2.45) is 7.05 Å². The summed E-state index contributed by atoms with van der Waals surface area (Å²) >= 11 is 0. The Morgan fingerprint density at radius 3 is 2.83 bits per heavy atom. The third-order valence-electron chi connectivity index (χ3n) is 4.95. The van der Waals surface area contributed by atoms with Gasteiger partial charge >= 0.3 is 0 Å². The molecule has 6 nitrogen and oxygen atoms in total. The summed E-state index contributed by atoms with van der Waals surface area (Å²) in [5, 5.41) is 4.50. The lowest BCUT2D eigenvalue weighted by Crippen LogP contribution is -2.36. The second-order valence-corrected chi connectivity index (χ2v) is 6.63. The Bertz CT molecular complexity index is 697. The molecule has 0 spiro atoms. The average Bonchev–Trinajstić information content (AvgIpc) is 2.85. The van der Waals surface area contributed by atoms with Crippen LogP contribution in [0.5, 0.6) is 0 Å². The molecule has 3 heterocycles. The Morgan fingerprint density at radius 2 is 2.12 bits per heavy atom. The SMILES string of the molecule is COCCN1CCC[C@H](c2cncc(-c3c(C)nn(C)c3C)n2)C1. The van der Waals surface area contributed by atoms with Gasteiger partial charge in [-0.25, -0.2) is 4.98 Å². The second kappa shape index (κ2) is 7.40. The van der Waals surface area contributed by atoms with Crippen molar-refractivity contribution < 1.29 is 4.74 Å². The summed E-state index contributed by atoms with van der Waals surface area (Å²) in [7, 11) is 3.73. The zero-order chi connectivity index (χ0) is 17.1. The van der Waals surface area contributed by atoms with Crippen LogP contribution in [0, 0.1) is 13.8 Å². The van der Waals surface area contributed by atoms with Gasteiger partial charge in [-0.3, -0.25) is 9.67 Å². The number of aryl methyl sites for hydroxylation is 2. The quantitative estimate of drug-likeness (QED) is 0.842. The molecule has 6 heteroatoms. The summed E-state index contributed by atoms with van der Waals surface area (Å²) < 4.78 is 7.12. The van der Waals surface area contributed by atoms with E-state index in [9.17, 15) is 0 Å². The van der Waals surface area contributed by atoms with Crippen LogP contribution in [-0.4, -0.2) is 58.0 Å². The molecule has 2 aromatic heterocycles. The predicted molar refractivity (Wildman–Crippen MR) is 94.0 cm³/mol. The van der Waals surface area contributed by atoms with Gasteiger partial charge < -0.3 is 9.64 Å². The van der Waals surface area contributed by atoms with Crippen molar-refractivity contribution in [3.8, 4) is 11.3 Å². The van der Waals surface area contributed by atoms with Gasteiger partial charge in [-0.05, 0) is 33.2 Å². The van der Waals surface area contributed by atoms with Crippen LogP contribution in [0.2, 0.25) is 0 Å². The van der Waals surface area contributed by atoms with Gasteiger partial charge in [-0.2, -0.15) is 5.10 Å². The molecule has 1 aliphatic rings. The largest absolute Gasteiger partial charge is 0.383 e. The highest BCUT2D eigenvalue weighted by molar-refractivity contribution is 5.64. The molecule has 0 aliphatic carbocycles. The molecule has 2 aromatic rings. The first-order valence-corrected chi connectivity index (χ1v) is 8.64. The van der Waals surface area contributed by atoms with Gasteiger partial charge in [0.2, 0.25) is 0 Å². The second-order valence-electron chi connectivity index (χ2n) is 6.63. The summed E-state index contributed by atoms with van der Waals surface area (Å²) in [6, 6.07) is 0. The number of rotatable bonds is 5. The number of nitrogens with zero attached hydrogens (tertiary/aromatic N) is 5. The minimum atomic E-state index is 0.445. The molecule has 1 aliphatic heterocycles. The van der Waals surface area contributed by atoms with Crippen molar-refractivity contribution in [1.82, 2.24) is 24.6 Å². The van der Waals surface area contributed by atoms with E-state index in [-0.39, 0.29) is 0 Å². The predicted octanol–water partition coefficient (Wildman–Crippen LogP) is 2.32. The zero-order valence-electron chi connectivity index (χ0n) is 15.1. The molecule has 130 valence electrons. The fraction of sp³-hybridized carbons (Fsp3) is 0.611. The van der Waals surface area contributed by atoms with E-state index >= 15 is 0 Å². The van der Waals surface area contributed by atoms with E-state index in [1.807, 2.05) is 31.0 Å². The Hall–Kier alpha value is -1.79. The molecule has 0 aromatic carbocycles. The van der Waals surface area contributed by atoms with Gasteiger partial charge in [0.25, 0.3) is 0 Å². The lowest BCUT2D eigenvalue weighted by atomic mass is 9.95. The zero-order valence-corrected chi connectivity index (χ0v) is 15.1. The van der Waals surface area contributed by atoms with Gasteiger partial charge in [0, 0.05) is 50.6 Å². The van der Waals surface area contributed by atoms with Crippen LogP contribution < -0.4 is 0 Å². The van der Waals surface area contributed by atoms with Gasteiger partial charge in [0.1, 0.15) is 0 Å². The van der Waals surface area contributed by atoms with Gasteiger partial charge in [-0.15, -0.1) is 0 Å². The third-order valence-corrected chi connectivity index (χ3v) is 4.95. The van der Waals surface area contributed by atoms with Crippen LogP contribution in [0.3, 0.4) is 0 Å². The van der Waals surface area contributed by atoms with Crippen LogP contribution in [0.4, 0.5) is 0 Å². The van der Waals surface area contributed by atoms with Crippen molar-refractivity contribution in [2.45, 2.75) is 32.6 Å². The van der Waals surface area contributed by atoms with Gasteiger partial charge in [0.15, 0.2) is 0 Å². The number of likely N-dealkylation sites (tertiary alicyclic amines) is 1. The van der Waals surface area contributed by atoms with E-state index in [1.54, 1.807) is 7.11 Å². The van der Waals surface area contributed by atoms with Crippen LogP contribution in [0.15, 0.2) is 12.4 Å². The first kappa shape index (κ1) is 17.0. The summed E-state index contributed by atoms with van der Waals surface area (Å²) in [5.74, 6) is 0.445. The molecule has 24 heavy (non-hydrogen) atoms. The maximum absolute atomic E-state index is 5.21. The Labute approximate surface area is 143 Å².